The number of ether oxygens (including phenoxy) is 1. The van der Waals surface area contributed by atoms with Crippen LogP contribution in [0.15, 0.2) is 89.9 Å². The molecule has 4 aromatic rings. The standard InChI is InChI=1S/C27H25ClN4O2.ClH.H2/c1-19-17-29-15-16-31(19)25-18-30-32(23-11-9-22(28)10-12-23)27(33)26(25)34-24-13-7-21(8-14-24)20-5-3-2-4-6-20;;/h2-14,18-19,29H,15-17H2,1H3;2*1H/t19-;;/m1../s1. The first kappa shape index (κ1) is 24.8. The lowest BCUT2D eigenvalue weighted by Crippen LogP contribution is -3.00. The Morgan fingerprint density at radius 1 is 1.00 bits per heavy atom. The van der Waals surface area contributed by atoms with Crippen LogP contribution in [0.25, 0.3) is 16.8 Å². The van der Waals surface area contributed by atoms with E-state index in [9.17, 15) is 4.79 Å². The molecule has 8 heteroatoms. The van der Waals surface area contributed by atoms with Gasteiger partial charge in [-0.05, 0) is 54.4 Å². The van der Waals surface area contributed by atoms with Crippen molar-refractivity contribution in [2.75, 3.05) is 24.5 Å². The third-order valence-corrected chi connectivity index (χ3v) is 6.34. The maximum atomic E-state index is 13.6. The Labute approximate surface area is 217 Å². The molecule has 0 spiro atoms. The molecule has 0 radical (unpaired) electrons. The topological polar surface area (TPSA) is 64.0 Å². The maximum Gasteiger partial charge on any atom is 0.316 e. The molecule has 2 heterocycles. The average Bonchev–Trinajstić information content (AvgIpc) is 2.87. The zero-order chi connectivity index (χ0) is 23.5. The van der Waals surface area contributed by atoms with E-state index in [0.29, 0.717) is 22.1 Å². The third-order valence-electron chi connectivity index (χ3n) is 6.09. The van der Waals surface area contributed by atoms with Gasteiger partial charge in [-0.25, -0.2) is 0 Å². The molecular formula is C27H28Cl2N4O2. The highest BCUT2D eigenvalue weighted by Crippen LogP contribution is 2.31. The number of nitrogens with two attached hydrogens (primary N) is 1. The molecule has 1 atom stereocenters. The fourth-order valence-corrected chi connectivity index (χ4v) is 4.38. The van der Waals surface area contributed by atoms with Gasteiger partial charge in [-0.3, -0.25) is 4.79 Å². The second-order valence-corrected chi connectivity index (χ2v) is 8.84. The molecule has 0 bridgehead atoms. The van der Waals surface area contributed by atoms with Gasteiger partial charge in [0.05, 0.1) is 37.6 Å². The van der Waals surface area contributed by atoms with Gasteiger partial charge in [-0.2, -0.15) is 9.78 Å². The number of hydrogen-bond donors (Lipinski definition) is 1. The van der Waals surface area contributed by atoms with Crippen LogP contribution in [0.5, 0.6) is 11.5 Å². The van der Waals surface area contributed by atoms with Crippen LogP contribution < -0.4 is 32.9 Å². The minimum atomic E-state index is -0.311. The SMILES string of the molecule is C[C@@H]1C[NH2+]CCN1c1cnn(-c2ccc(Cl)cc2)c(=O)c1Oc1ccc(-c2ccccc2)cc1.[Cl-].[HH]. The molecule has 5 rings (SSSR count). The normalized spacial score (nSPS) is 15.4. The van der Waals surface area contributed by atoms with Crippen molar-refractivity contribution in [1.82, 2.24) is 9.78 Å². The maximum absolute atomic E-state index is 13.6. The fraction of sp³-hybridized carbons (Fsp3) is 0.185. The van der Waals surface area contributed by atoms with E-state index in [1.54, 1.807) is 30.5 Å². The van der Waals surface area contributed by atoms with Gasteiger partial charge in [0.15, 0.2) is 0 Å². The number of quaternary nitrogens is 1. The monoisotopic (exact) mass is 510 g/mol. The summed E-state index contributed by atoms with van der Waals surface area (Å²) in [6.45, 7) is 4.87. The first-order chi connectivity index (χ1) is 16.6. The highest BCUT2D eigenvalue weighted by molar-refractivity contribution is 6.30. The summed E-state index contributed by atoms with van der Waals surface area (Å²) in [5, 5.41) is 7.36. The molecule has 0 amide bonds. The van der Waals surface area contributed by atoms with Crippen LogP contribution in [-0.4, -0.2) is 35.5 Å². The second-order valence-electron chi connectivity index (χ2n) is 8.40. The van der Waals surface area contributed by atoms with Crippen LogP contribution in [0.4, 0.5) is 5.69 Å². The van der Waals surface area contributed by atoms with Crippen molar-refractivity contribution < 1.29 is 23.9 Å². The lowest BCUT2D eigenvalue weighted by Gasteiger charge is -2.34. The van der Waals surface area contributed by atoms with Crippen LogP contribution in [0.3, 0.4) is 0 Å². The van der Waals surface area contributed by atoms with Gasteiger partial charge in [0.1, 0.15) is 11.4 Å². The van der Waals surface area contributed by atoms with E-state index >= 15 is 0 Å². The Morgan fingerprint density at radius 2 is 1.69 bits per heavy atom. The van der Waals surface area contributed by atoms with Gasteiger partial charge in [0.25, 0.3) is 0 Å². The van der Waals surface area contributed by atoms with Crippen molar-refractivity contribution in [1.29, 1.82) is 0 Å². The molecule has 1 aromatic heterocycles. The van der Waals surface area contributed by atoms with Crippen molar-refractivity contribution in [3.05, 3.63) is 100 Å². The number of piperazine rings is 1. The van der Waals surface area contributed by atoms with Gasteiger partial charge in [-0.15, -0.1) is 0 Å². The number of hydrogen-bond acceptors (Lipinski definition) is 4. The summed E-state index contributed by atoms with van der Waals surface area (Å²) >= 11 is 6.04. The van der Waals surface area contributed by atoms with Gasteiger partial charge < -0.3 is 27.4 Å². The number of anilines is 1. The summed E-state index contributed by atoms with van der Waals surface area (Å²) in [7, 11) is 0. The van der Waals surface area contributed by atoms with E-state index in [4.69, 9.17) is 16.3 Å². The van der Waals surface area contributed by atoms with E-state index in [1.165, 1.54) is 4.68 Å². The van der Waals surface area contributed by atoms with E-state index < -0.39 is 0 Å². The summed E-state index contributed by atoms with van der Waals surface area (Å²) in [5.74, 6) is 0.870. The Hall–Kier alpha value is -3.32. The van der Waals surface area contributed by atoms with Crippen LogP contribution in [-0.2, 0) is 0 Å². The van der Waals surface area contributed by atoms with Crippen LogP contribution in [0.2, 0.25) is 5.02 Å². The summed E-state index contributed by atoms with van der Waals surface area (Å²) in [6.07, 6.45) is 1.73. The predicted molar refractivity (Wildman–Crippen MR) is 137 cm³/mol. The van der Waals surface area contributed by atoms with Crippen LogP contribution >= 0.6 is 11.6 Å². The van der Waals surface area contributed by atoms with Gasteiger partial charge in [-0.1, -0.05) is 54.1 Å². The number of aromatic nitrogens is 2. The molecule has 35 heavy (non-hydrogen) atoms. The van der Waals surface area contributed by atoms with E-state index in [2.05, 4.69) is 34.4 Å². The molecule has 2 N–H and O–H groups in total. The molecular weight excluding hydrogens is 483 g/mol. The molecule has 1 aliphatic heterocycles. The molecule has 3 aromatic carbocycles. The van der Waals surface area contributed by atoms with Crippen LogP contribution in [0.1, 0.15) is 8.35 Å². The molecule has 182 valence electrons. The average molecular weight is 511 g/mol. The van der Waals surface area contributed by atoms with E-state index in [-0.39, 0.29) is 31.2 Å². The minimum Gasteiger partial charge on any atom is -1.00 e. The Kier molecular flexibility index (Phi) is 7.76. The second kappa shape index (κ2) is 11.0. The fourth-order valence-electron chi connectivity index (χ4n) is 4.25. The van der Waals surface area contributed by atoms with Crippen molar-refractivity contribution >= 4 is 17.3 Å². The first-order valence-corrected chi connectivity index (χ1v) is 11.8. The molecule has 1 fully saturated rings. The lowest BCUT2D eigenvalue weighted by atomic mass is 10.1. The largest absolute Gasteiger partial charge is 1.00 e. The van der Waals surface area contributed by atoms with Crippen molar-refractivity contribution in [2.24, 2.45) is 0 Å². The van der Waals surface area contributed by atoms with Crippen LogP contribution in [0, 0.1) is 0 Å². The van der Waals surface area contributed by atoms with Gasteiger partial charge in [0, 0.05) is 6.45 Å². The zero-order valence-electron chi connectivity index (χ0n) is 19.3. The van der Waals surface area contributed by atoms with Gasteiger partial charge in [0.2, 0.25) is 5.75 Å². The first-order valence-electron chi connectivity index (χ1n) is 11.4. The Bertz CT molecular complexity index is 1330. The summed E-state index contributed by atoms with van der Waals surface area (Å²) in [6, 6.07) is 25.2. The number of benzene rings is 3. The molecule has 0 aliphatic carbocycles. The lowest BCUT2D eigenvalue weighted by molar-refractivity contribution is -0.659. The summed E-state index contributed by atoms with van der Waals surface area (Å²) in [5.41, 5.74) is 3.24. The highest BCUT2D eigenvalue weighted by atomic mass is 35.5. The van der Waals surface area contributed by atoms with E-state index in [0.717, 1.165) is 30.8 Å². The molecule has 1 saturated heterocycles. The zero-order valence-corrected chi connectivity index (χ0v) is 20.8. The van der Waals surface area contributed by atoms with E-state index in [1.807, 2.05) is 42.5 Å². The Balaban J connectivity index is 0.00000180. The van der Waals surface area contributed by atoms with Crippen molar-refractivity contribution in [3.63, 3.8) is 0 Å². The summed E-state index contributed by atoms with van der Waals surface area (Å²) < 4.78 is 7.62. The van der Waals surface area contributed by atoms with Crippen molar-refractivity contribution in [2.45, 2.75) is 13.0 Å². The molecule has 1 aliphatic rings. The Morgan fingerprint density at radius 3 is 2.37 bits per heavy atom. The summed E-state index contributed by atoms with van der Waals surface area (Å²) in [4.78, 5) is 15.8. The highest BCUT2D eigenvalue weighted by Gasteiger charge is 2.27. The predicted octanol–water partition coefficient (Wildman–Crippen LogP) is 1.37. The molecule has 0 saturated carbocycles. The number of nitrogens with zero attached hydrogens (tertiary/aromatic N) is 3. The third kappa shape index (κ3) is 5.35. The molecule has 6 nitrogen and oxygen atoms in total. The van der Waals surface area contributed by atoms with Crippen molar-refractivity contribution in [3.8, 4) is 28.3 Å². The minimum absolute atomic E-state index is 0. The van der Waals surface area contributed by atoms with Gasteiger partial charge >= 0.3 is 5.56 Å². The smallest absolute Gasteiger partial charge is 0.316 e. The number of rotatable bonds is 5. The molecule has 0 unspecified atom stereocenters. The number of halogens is 2. The quantitative estimate of drug-likeness (QED) is 0.440.